The zero-order valence-electron chi connectivity index (χ0n) is 10.5. The van der Waals surface area contributed by atoms with Crippen LogP contribution in [0.5, 0.6) is 0 Å². The van der Waals surface area contributed by atoms with Crippen LogP contribution >= 0.6 is 12.4 Å². The highest BCUT2D eigenvalue weighted by Crippen LogP contribution is 2.22. The summed E-state index contributed by atoms with van der Waals surface area (Å²) >= 11 is 0. The summed E-state index contributed by atoms with van der Waals surface area (Å²) < 4.78 is 2.31. The van der Waals surface area contributed by atoms with Crippen molar-refractivity contribution >= 4 is 23.3 Å². The predicted octanol–water partition coefficient (Wildman–Crippen LogP) is 3.36. The molecule has 0 saturated carbocycles. The summed E-state index contributed by atoms with van der Waals surface area (Å²) in [5.41, 5.74) is 8.58. The molecule has 2 N–H and O–H groups in total. The molecule has 1 heterocycles. The van der Waals surface area contributed by atoms with Gasteiger partial charge in [0, 0.05) is 29.7 Å². The molecular weight excluding hydrogens is 232 g/mol. The zero-order valence-corrected chi connectivity index (χ0v) is 11.3. The van der Waals surface area contributed by atoms with E-state index < -0.39 is 0 Å². The predicted molar refractivity (Wildman–Crippen MR) is 76.8 cm³/mol. The molecular formula is C14H21ClN2. The lowest BCUT2D eigenvalue weighted by Crippen LogP contribution is -2.15. The van der Waals surface area contributed by atoms with E-state index >= 15 is 0 Å². The fourth-order valence-electron chi connectivity index (χ4n) is 2.17. The molecule has 0 radical (unpaired) electrons. The van der Waals surface area contributed by atoms with E-state index in [1.54, 1.807) is 0 Å². The van der Waals surface area contributed by atoms with E-state index in [-0.39, 0.29) is 18.4 Å². The lowest BCUT2D eigenvalue weighted by atomic mass is 10.1. The third-order valence-corrected chi connectivity index (χ3v) is 3.08. The summed E-state index contributed by atoms with van der Waals surface area (Å²) in [7, 11) is 0. The molecule has 0 aliphatic heterocycles. The maximum Gasteiger partial charge on any atom is 0.0483 e. The maximum atomic E-state index is 5.82. The standard InChI is InChI=1S/C14H20N2.ClH/c1-3-16-10-12(9-8-11(2)15)13-6-4-5-7-14(13)16;/h4-7,10-11H,3,8-9,15H2,1-2H3;1H. The van der Waals surface area contributed by atoms with Crippen molar-refractivity contribution in [2.75, 3.05) is 0 Å². The van der Waals surface area contributed by atoms with Gasteiger partial charge in [0.1, 0.15) is 0 Å². The van der Waals surface area contributed by atoms with Crippen molar-refractivity contribution in [2.24, 2.45) is 5.73 Å². The molecule has 1 aromatic carbocycles. The van der Waals surface area contributed by atoms with Crippen molar-refractivity contribution in [1.29, 1.82) is 0 Å². The minimum atomic E-state index is 0. The molecule has 0 bridgehead atoms. The number of hydrogen-bond donors (Lipinski definition) is 1. The van der Waals surface area contributed by atoms with Crippen LogP contribution in [0.15, 0.2) is 30.5 Å². The highest BCUT2D eigenvalue weighted by atomic mass is 35.5. The summed E-state index contributed by atoms with van der Waals surface area (Å²) in [6, 6.07) is 8.89. The maximum absolute atomic E-state index is 5.82. The number of nitrogens with zero attached hydrogens (tertiary/aromatic N) is 1. The molecule has 94 valence electrons. The Morgan fingerprint density at radius 1 is 1.29 bits per heavy atom. The molecule has 1 aromatic heterocycles. The van der Waals surface area contributed by atoms with Crippen molar-refractivity contribution in [3.8, 4) is 0 Å². The normalized spacial score (nSPS) is 12.4. The first kappa shape index (κ1) is 14.1. The van der Waals surface area contributed by atoms with Crippen LogP contribution in [0.25, 0.3) is 10.9 Å². The van der Waals surface area contributed by atoms with Gasteiger partial charge in [-0.05, 0) is 38.3 Å². The second-order valence-corrected chi connectivity index (χ2v) is 4.47. The molecule has 2 nitrogen and oxygen atoms in total. The van der Waals surface area contributed by atoms with Crippen LogP contribution in [-0.2, 0) is 13.0 Å². The van der Waals surface area contributed by atoms with Gasteiger partial charge in [-0.2, -0.15) is 0 Å². The van der Waals surface area contributed by atoms with E-state index in [1.807, 2.05) is 0 Å². The van der Waals surface area contributed by atoms with Crippen LogP contribution in [0.3, 0.4) is 0 Å². The smallest absolute Gasteiger partial charge is 0.0483 e. The summed E-state index contributed by atoms with van der Waals surface area (Å²) in [5.74, 6) is 0. The van der Waals surface area contributed by atoms with Gasteiger partial charge in [0.05, 0.1) is 0 Å². The van der Waals surface area contributed by atoms with Gasteiger partial charge in [-0.3, -0.25) is 0 Å². The average Bonchev–Trinajstić information content (AvgIpc) is 2.65. The second kappa shape index (κ2) is 6.08. The monoisotopic (exact) mass is 252 g/mol. The third-order valence-electron chi connectivity index (χ3n) is 3.08. The molecule has 0 saturated heterocycles. The van der Waals surface area contributed by atoms with Crippen molar-refractivity contribution < 1.29 is 0 Å². The molecule has 0 amide bonds. The van der Waals surface area contributed by atoms with Crippen LogP contribution in [0.1, 0.15) is 25.8 Å². The Morgan fingerprint density at radius 3 is 2.65 bits per heavy atom. The van der Waals surface area contributed by atoms with Gasteiger partial charge in [-0.15, -0.1) is 12.4 Å². The Labute approximate surface area is 109 Å². The summed E-state index contributed by atoms with van der Waals surface area (Å²) in [6.07, 6.45) is 4.40. The van der Waals surface area contributed by atoms with Crippen molar-refractivity contribution in [3.63, 3.8) is 0 Å². The number of aromatic nitrogens is 1. The number of para-hydroxylation sites is 1. The Balaban J connectivity index is 0.00000144. The number of nitrogens with two attached hydrogens (primary N) is 1. The van der Waals surface area contributed by atoms with Crippen LogP contribution < -0.4 is 5.73 Å². The van der Waals surface area contributed by atoms with E-state index in [0.29, 0.717) is 0 Å². The quantitative estimate of drug-likeness (QED) is 0.889. The average molecular weight is 253 g/mol. The zero-order chi connectivity index (χ0) is 11.5. The van der Waals surface area contributed by atoms with Gasteiger partial charge >= 0.3 is 0 Å². The summed E-state index contributed by atoms with van der Waals surface area (Å²) in [5, 5.41) is 1.38. The van der Waals surface area contributed by atoms with Crippen molar-refractivity contribution in [2.45, 2.75) is 39.3 Å². The van der Waals surface area contributed by atoms with Crippen LogP contribution in [0.2, 0.25) is 0 Å². The second-order valence-electron chi connectivity index (χ2n) is 4.47. The van der Waals surface area contributed by atoms with Crippen LogP contribution in [0.4, 0.5) is 0 Å². The van der Waals surface area contributed by atoms with Gasteiger partial charge in [0.15, 0.2) is 0 Å². The lowest BCUT2D eigenvalue weighted by Gasteiger charge is -2.03. The van der Waals surface area contributed by atoms with E-state index in [2.05, 4.69) is 48.9 Å². The molecule has 2 rings (SSSR count). The summed E-state index contributed by atoms with van der Waals surface area (Å²) in [4.78, 5) is 0. The third kappa shape index (κ3) is 3.02. The van der Waals surface area contributed by atoms with Gasteiger partial charge in [-0.25, -0.2) is 0 Å². The first-order valence-electron chi connectivity index (χ1n) is 6.04. The molecule has 2 aromatic rings. The topological polar surface area (TPSA) is 30.9 Å². The van der Waals surface area contributed by atoms with Gasteiger partial charge in [-0.1, -0.05) is 18.2 Å². The SMILES string of the molecule is CCn1cc(CCC(C)N)c2ccccc21.Cl. The molecule has 0 fully saturated rings. The molecule has 1 atom stereocenters. The number of hydrogen-bond acceptors (Lipinski definition) is 1. The van der Waals surface area contributed by atoms with Crippen LogP contribution in [0, 0.1) is 0 Å². The first-order valence-corrected chi connectivity index (χ1v) is 6.04. The molecule has 3 heteroatoms. The number of aryl methyl sites for hydroxylation is 2. The Kier molecular flexibility index (Phi) is 5.03. The van der Waals surface area contributed by atoms with Gasteiger partial charge in [0.25, 0.3) is 0 Å². The minimum absolute atomic E-state index is 0. The number of fused-ring (bicyclic) bond motifs is 1. The molecule has 17 heavy (non-hydrogen) atoms. The Morgan fingerprint density at radius 2 is 2.00 bits per heavy atom. The van der Waals surface area contributed by atoms with Crippen molar-refractivity contribution in [3.05, 3.63) is 36.0 Å². The molecule has 0 aliphatic carbocycles. The largest absolute Gasteiger partial charge is 0.347 e. The lowest BCUT2D eigenvalue weighted by molar-refractivity contribution is 0.665. The molecule has 0 aliphatic rings. The highest BCUT2D eigenvalue weighted by Gasteiger charge is 2.07. The van der Waals surface area contributed by atoms with Gasteiger partial charge in [0.2, 0.25) is 0 Å². The van der Waals surface area contributed by atoms with Crippen LogP contribution in [-0.4, -0.2) is 10.6 Å². The van der Waals surface area contributed by atoms with E-state index in [4.69, 9.17) is 5.73 Å². The Hall–Kier alpha value is -0.990. The van der Waals surface area contributed by atoms with E-state index in [1.165, 1.54) is 16.5 Å². The number of halogens is 1. The van der Waals surface area contributed by atoms with E-state index in [0.717, 1.165) is 19.4 Å². The minimum Gasteiger partial charge on any atom is -0.347 e. The van der Waals surface area contributed by atoms with Gasteiger partial charge < -0.3 is 10.3 Å². The Bertz CT molecular complexity index is 474. The number of rotatable bonds is 4. The molecule has 0 spiro atoms. The fourth-order valence-corrected chi connectivity index (χ4v) is 2.17. The summed E-state index contributed by atoms with van der Waals surface area (Å²) in [6.45, 7) is 5.28. The number of benzene rings is 1. The first-order chi connectivity index (χ1) is 7.72. The van der Waals surface area contributed by atoms with Crippen molar-refractivity contribution in [1.82, 2.24) is 4.57 Å². The van der Waals surface area contributed by atoms with E-state index in [9.17, 15) is 0 Å². The molecule has 1 unspecified atom stereocenters. The highest BCUT2D eigenvalue weighted by molar-refractivity contribution is 5.85. The fraction of sp³-hybridized carbons (Fsp3) is 0.429.